The SMILES string of the molecule is CC\C=C/C=C/C=C/C=C\C=C\C=C\CCCC(CC(=O)NC(CO)C(O)CCCCCCCCCCCCC)OC(=O)CCCCCCCC/C=C\C/C=C\C/C=C\CCCCC. The van der Waals surface area contributed by atoms with E-state index >= 15 is 0 Å². The Morgan fingerprint density at radius 1 is 0.484 bits per heavy atom. The summed E-state index contributed by atoms with van der Waals surface area (Å²) in [6.45, 7) is 6.27. The second-order valence-corrected chi connectivity index (χ2v) is 17.3. The molecule has 3 unspecified atom stereocenters. The van der Waals surface area contributed by atoms with Gasteiger partial charge in [-0.3, -0.25) is 9.59 Å². The normalized spacial score (nSPS) is 14.1. The number of rotatable bonds is 45. The molecule has 0 bridgehead atoms. The van der Waals surface area contributed by atoms with E-state index in [1.807, 2.05) is 60.8 Å². The van der Waals surface area contributed by atoms with E-state index in [9.17, 15) is 19.8 Å². The summed E-state index contributed by atoms with van der Waals surface area (Å²) in [4.78, 5) is 26.2. The number of carbonyl (C=O) groups excluding carboxylic acids is 2. The summed E-state index contributed by atoms with van der Waals surface area (Å²) >= 11 is 0. The first-order chi connectivity index (χ1) is 31.5. The van der Waals surface area contributed by atoms with Crippen LogP contribution in [0.3, 0.4) is 0 Å². The molecule has 0 radical (unpaired) electrons. The Labute approximate surface area is 394 Å². The van der Waals surface area contributed by atoms with Gasteiger partial charge in [0.05, 0.1) is 25.2 Å². The molecule has 0 spiro atoms. The first kappa shape index (κ1) is 60.5. The van der Waals surface area contributed by atoms with Crippen molar-refractivity contribution in [1.29, 1.82) is 0 Å². The summed E-state index contributed by atoms with van der Waals surface area (Å²) in [5.74, 6) is -0.572. The third-order valence-electron chi connectivity index (χ3n) is 11.2. The molecule has 64 heavy (non-hydrogen) atoms. The van der Waals surface area contributed by atoms with E-state index in [0.29, 0.717) is 19.3 Å². The van der Waals surface area contributed by atoms with Crippen LogP contribution in [0, 0.1) is 0 Å². The predicted molar refractivity (Wildman–Crippen MR) is 277 cm³/mol. The fraction of sp³-hybridized carbons (Fsp3) is 0.655. The number of hydrogen-bond acceptors (Lipinski definition) is 5. The number of unbranched alkanes of at least 4 members (excludes halogenated alkanes) is 20. The van der Waals surface area contributed by atoms with Crippen LogP contribution in [0.5, 0.6) is 0 Å². The number of esters is 1. The van der Waals surface area contributed by atoms with Crippen molar-refractivity contribution < 1.29 is 24.5 Å². The summed E-state index contributed by atoms with van der Waals surface area (Å²) in [7, 11) is 0. The van der Waals surface area contributed by atoms with Gasteiger partial charge in [0, 0.05) is 6.42 Å². The standard InChI is InChI=1S/C58H97NO5/c1-4-7-10-13-16-19-22-24-26-27-28-29-31-33-36-39-42-45-48-51-58(63)64-54(49-46-43-40-37-35-32-30-25-23-20-17-14-11-8-5-2)52-57(62)59-55(53-60)56(61)50-47-44-41-38-34-21-18-15-12-9-6-3/h8,11,14,16-17,19-20,23-26,28-30,32,35,37,40,54-56,60-61H,4-7,9-10,12-13,15,18,21-22,27,31,33-34,36,38-39,41-53H2,1-3H3,(H,59,62)/b11-8-,17-14+,19-16-,23-20+,26-24-,29-28-,30-25-,35-32+,40-37+. The van der Waals surface area contributed by atoms with Gasteiger partial charge >= 0.3 is 5.97 Å². The average Bonchev–Trinajstić information content (AvgIpc) is 3.29. The zero-order valence-corrected chi connectivity index (χ0v) is 41.4. The number of amides is 1. The highest BCUT2D eigenvalue weighted by atomic mass is 16.5. The number of aliphatic hydroxyl groups is 2. The minimum atomic E-state index is -0.816. The molecule has 0 rings (SSSR count). The Morgan fingerprint density at radius 3 is 1.47 bits per heavy atom. The van der Waals surface area contributed by atoms with Gasteiger partial charge < -0.3 is 20.3 Å². The molecule has 0 aromatic rings. The van der Waals surface area contributed by atoms with Crippen molar-refractivity contribution in [2.45, 2.75) is 238 Å². The maximum atomic E-state index is 13.2. The van der Waals surface area contributed by atoms with Gasteiger partial charge in [0.1, 0.15) is 6.10 Å². The van der Waals surface area contributed by atoms with Crippen molar-refractivity contribution in [3.63, 3.8) is 0 Å². The third-order valence-corrected chi connectivity index (χ3v) is 11.2. The van der Waals surface area contributed by atoms with Crippen molar-refractivity contribution >= 4 is 11.9 Å². The molecule has 3 atom stereocenters. The van der Waals surface area contributed by atoms with E-state index in [2.05, 4.69) is 74.7 Å². The highest BCUT2D eigenvalue weighted by Gasteiger charge is 2.24. The van der Waals surface area contributed by atoms with Crippen LogP contribution in [-0.2, 0) is 14.3 Å². The predicted octanol–water partition coefficient (Wildman–Crippen LogP) is 15.9. The number of allylic oxidation sites excluding steroid dienone is 18. The van der Waals surface area contributed by atoms with Crippen molar-refractivity contribution in [3.05, 3.63) is 109 Å². The van der Waals surface area contributed by atoms with Gasteiger partial charge in [-0.2, -0.15) is 0 Å². The second kappa shape index (κ2) is 50.5. The summed E-state index contributed by atoms with van der Waals surface area (Å²) in [5.41, 5.74) is 0. The quantitative estimate of drug-likeness (QED) is 0.0245. The molecular weight excluding hydrogens is 791 g/mol. The van der Waals surface area contributed by atoms with Crippen LogP contribution in [0.4, 0.5) is 0 Å². The molecule has 364 valence electrons. The topological polar surface area (TPSA) is 95.9 Å². The average molecular weight is 888 g/mol. The van der Waals surface area contributed by atoms with Crippen molar-refractivity contribution in [1.82, 2.24) is 5.32 Å². The Bertz CT molecular complexity index is 1320. The minimum absolute atomic E-state index is 0.0146. The van der Waals surface area contributed by atoms with Gasteiger partial charge in [-0.1, -0.05) is 239 Å². The smallest absolute Gasteiger partial charge is 0.306 e. The van der Waals surface area contributed by atoms with E-state index in [1.165, 1.54) is 89.9 Å². The highest BCUT2D eigenvalue weighted by Crippen LogP contribution is 2.16. The lowest BCUT2D eigenvalue weighted by Gasteiger charge is -2.24. The molecule has 1 amide bonds. The lowest BCUT2D eigenvalue weighted by Crippen LogP contribution is -2.46. The molecule has 0 heterocycles. The summed E-state index contributed by atoms with van der Waals surface area (Å²) in [6.07, 6.45) is 68.6. The monoisotopic (exact) mass is 888 g/mol. The molecule has 6 heteroatoms. The largest absolute Gasteiger partial charge is 0.462 e. The number of hydrogen-bond donors (Lipinski definition) is 3. The van der Waals surface area contributed by atoms with E-state index in [-0.39, 0.29) is 24.9 Å². The fourth-order valence-corrected chi connectivity index (χ4v) is 7.30. The summed E-state index contributed by atoms with van der Waals surface area (Å²) in [6, 6.07) is -0.735. The van der Waals surface area contributed by atoms with Gasteiger partial charge in [-0.15, -0.1) is 0 Å². The van der Waals surface area contributed by atoms with Crippen LogP contribution in [0.15, 0.2) is 109 Å². The lowest BCUT2D eigenvalue weighted by atomic mass is 10.0. The van der Waals surface area contributed by atoms with Crippen molar-refractivity contribution in [2.24, 2.45) is 0 Å². The van der Waals surface area contributed by atoms with E-state index in [0.717, 1.165) is 83.5 Å². The summed E-state index contributed by atoms with van der Waals surface area (Å²) in [5, 5.41) is 23.7. The van der Waals surface area contributed by atoms with Crippen LogP contribution in [0.1, 0.15) is 220 Å². The van der Waals surface area contributed by atoms with E-state index < -0.39 is 18.2 Å². The maximum absolute atomic E-state index is 13.2. The van der Waals surface area contributed by atoms with Crippen molar-refractivity contribution in [3.8, 4) is 0 Å². The zero-order chi connectivity index (χ0) is 46.7. The fourth-order valence-electron chi connectivity index (χ4n) is 7.30. The van der Waals surface area contributed by atoms with Gasteiger partial charge in [0.2, 0.25) is 5.91 Å². The molecule has 0 aliphatic heterocycles. The number of ether oxygens (including phenoxy) is 1. The minimum Gasteiger partial charge on any atom is -0.462 e. The van der Waals surface area contributed by atoms with E-state index in [1.54, 1.807) is 0 Å². The first-order valence-corrected chi connectivity index (χ1v) is 26.2. The first-order valence-electron chi connectivity index (χ1n) is 26.2. The third kappa shape index (κ3) is 45.1. The van der Waals surface area contributed by atoms with Gasteiger partial charge in [0.25, 0.3) is 0 Å². The van der Waals surface area contributed by atoms with Gasteiger partial charge in [-0.05, 0) is 77.0 Å². The zero-order valence-electron chi connectivity index (χ0n) is 41.4. The van der Waals surface area contributed by atoms with E-state index in [4.69, 9.17) is 4.74 Å². The van der Waals surface area contributed by atoms with Crippen LogP contribution < -0.4 is 5.32 Å². The van der Waals surface area contributed by atoms with Gasteiger partial charge in [0.15, 0.2) is 0 Å². The highest BCUT2D eigenvalue weighted by molar-refractivity contribution is 5.77. The molecular formula is C58H97NO5. The van der Waals surface area contributed by atoms with Crippen molar-refractivity contribution in [2.75, 3.05) is 6.61 Å². The molecule has 0 aliphatic carbocycles. The van der Waals surface area contributed by atoms with Crippen LogP contribution in [0.25, 0.3) is 0 Å². The summed E-state index contributed by atoms with van der Waals surface area (Å²) < 4.78 is 5.89. The molecule has 6 nitrogen and oxygen atoms in total. The molecule has 0 aliphatic rings. The number of carbonyl (C=O) groups is 2. The Hall–Kier alpha value is -3.48. The number of aliphatic hydroxyl groups excluding tert-OH is 2. The Morgan fingerprint density at radius 2 is 0.922 bits per heavy atom. The molecule has 0 aromatic heterocycles. The van der Waals surface area contributed by atoms with Crippen LogP contribution >= 0.6 is 0 Å². The van der Waals surface area contributed by atoms with Crippen LogP contribution in [-0.4, -0.2) is 46.9 Å². The Balaban J connectivity index is 4.74. The lowest BCUT2D eigenvalue weighted by molar-refractivity contribution is -0.151. The maximum Gasteiger partial charge on any atom is 0.306 e. The molecule has 3 N–H and O–H groups in total. The molecule has 0 saturated heterocycles. The van der Waals surface area contributed by atoms with Gasteiger partial charge in [-0.25, -0.2) is 0 Å². The Kier molecular flexibility index (Phi) is 47.8. The second-order valence-electron chi connectivity index (χ2n) is 17.3. The molecule has 0 saturated carbocycles. The van der Waals surface area contributed by atoms with Crippen LogP contribution in [0.2, 0.25) is 0 Å². The molecule has 0 aromatic carbocycles. The molecule has 0 fully saturated rings. The number of nitrogens with one attached hydrogen (secondary N) is 1.